The molecule has 0 aromatic rings. The van der Waals surface area contributed by atoms with Gasteiger partial charge in [0.1, 0.15) is 6.04 Å². The fraction of sp³-hybridized carbons (Fsp3) is 0.800. The van der Waals surface area contributed by atoms with Crippen molar-refractivity contribution in [1.82, 2.24) is 5.32 Å². The summed E-state index contributed by atoms with van der Waals surface area (Å²) in [6.07, 6.45) is 1.87. The number of carbonyl (C=O) groups is 1. The van der Waals surface area contributed by atoms with E-state index in [1.807, 2.05) is 0 Å². The molecule has 4 nitrogen and oxygen atoms in total. The van der Waals surface area contributed by atoms with Crippen molar-refractivity contribution in [2.24, 2.45) is 5.90 Å². The summed E-state index contributed by atoms with van der Waals surface area (Å²) in [5.74, 6) is 4.31. The summed E-state index contributed by atoms with van der Waals surface area (Å²) in [5, 5.41) is 2.95. The first-order valence-corrected chi connectivity index (χ1v) is 2.98. The highest BCUT2D eigenvalue weighted by atomic mass is 35.5. The van der Waals surface area contributed by atoms with E-state index in [0.717, 1.165) is 19.4 Å². The van der Waals surface area contributed by atoms with Crippen LogP contribution in [0.15, 0.2) is 0 Å². The minimum atomic E-state index is -0.354. The maximum atomic E-state index is 10.6. The van der Waals surface area contributed by atoms with Crippen molar-refractivity contribution in [1.29, 1.82) is 0 Å². The third-order valence-corrected chi connectivity index (χ3v) is 1.46. The van der Waals surface area contributed by atoms with Crippen LogP contribution in [0.4, 0.5) is 0 Å². The van der Waals surface area contributed by atoms with Gasteiger partial charge in [-0.15, -0.1) is 12.4 Å². The summed E-state index contributed by atoms with van der Waals surface area (Å²) in [6.45, 7) is 0.889. The Morgan fingerprint density at radius 1 is 1.70 bits per heavy atom. The standard InChI is InChI=1S/C5H10N2O2.ClH/c6-9-5(8)4-2-1-3-7-4;/h4,7H,1-3,6H2;1H/t4-;/m0./s1. The number of halogens is 1. The number of hydrogen-bond acceptors (Lipinski definition) is 4. The van der Waals surface area contributed by atoms with Crippen LogP contribution < -0.4 is 11.2 Å². The van der Waals surface area contributed by atoms with Crippen molar-refractivity contribution in [3.05, 3.63) is 0 Å². The topological polar surface area (TPSA) is 64.3 Å². The molecule has 0 saturated carbocycles. The highest BCUT2D eigenvalue weighted by Gasteiger charge is 2.22. The summed E-state index contributed by atoms with van der Waals surface area (Å²) in [5.41, 5.74) is 0. The van der Waals surface area contributed by atoms with Gasteiger partial charge < -0.3 is 10.2 Å². The van der Waals surface area contributed by atoms with E-state index < -0.39 is 0 Å². The molecule has 0 aliphatic carbocycles. The molecule has 0 unspecified atom stereocenters. The average Bonchev–Trinajstić information content (AvgIpc) is 2.37. The Bertz CT molecular complexity index is 114. The Hall–Kier alpha value is -0.320. The van der Waals surface area contributed by atoms with Crippen molar-refractivity contribution in [3.63, 3.8) is 0 Å². The Balaban J connectivity index is 0.000000810. The predicted octanol–water partition coefficient (Wildman–Crippen LogP) is -0.423. The van der Waals surface area contributed by atoms with Crippen molar-refractivity contribution in [2.75, 3.05) is 6.54 Å². The highest BCUT2D eigenvalue weighted by molar-refractivity contribution is 5.85. The zero-order valence-corrected chi connectivity index (χ0v) is 6.32. The van der Waals surface area contributed by atoms with Crippen LogP contribution in [0.3, 0.4) is 0 Å². The molecule has 0 aromatic heterocycles. The molecule has 1 aliphatic rings. The van der Waals surface area contributed by atoms with Crippen LogP contribution in [-0.2, 0) is 9.63 Å². The zero-order valence-electron chi connectivity index (χ0n) is 5.50. The van der Waals surface area contributed by atoms with Crippen LogP contribution in [-0.4, -0.2) is 18.6 Å². The quantitative estimate of drug-likeness (QED) is 0.520. The van der Waals surface area contributed by atoms with Crippen LogP contribution in [0.5, 0.6) is 0 Å². The lowest BCUT2D eigenvalue weighted by Gasteiger charge is -2.03. The molecule has 0 bridgehead atoms. The summed E-state index contributed by atoms with van der Waals surface area (Å²) in [7, 11) is 0. The number of nitrogens with one attached hydrogen (secondary N) is 1. The molecule has 1 saturated heterocycles. The van der Waals surface area contributed by atoms with E-state index in [4.69, 9.17) is 0 Å². The Labute approximate surface area is 65.5 Å². The van der Waals surface area contributed by atoms with Crippen molar-refractivity contribution in [2.45, 2.75) is 18.9 Å². The number of carbonyl (C=O) groups excluding carboxylic acids is 1. The van der Waals surface area contributed by atoms with Gasteiger partial charge in [-0.05, 0) is 19.4 Å². The van der Waals surface area contributed by atoms with Crippen LogP contribution in [0.2, 0.25) is 0 Å². The Morgan fingerprint density at radius 3 is 2.80 bits per heavy atom. The lowest BCUT2D eigenvalue weighted by molar-refractivity contribution is -0.146. The van der Waals surface area contributed by atoms with Gasteiger partial charge in [-0.25, -0.2) is 4.79 Å². The maximum absolute atomic E-state index is 10.6. The monoisotopic (exact) mass is 166 g/mol. The van der Waals surface area contributed by atoms with Crippen LogP contribution >= 0.6 is 12.4 Å². The van der Waals surface area contributed by atoms with Gasteiger partial charge in [0.2, 0.25) is 0 Å². The van der Waals surface area contributed by atoms with E-state index in [2.05, 4.69) is 16.1 Å². The van der Waals surface area contributed by atoms with Gasteiger partial charge in [-0.2, -0.15) is 5.90 Å². The molecule has 1 aliphatic heterocycles. The second kappa shape index (κ2) is 4.49. The van der Waals surface area contributed by atoms with Gasteiger partial charge in [0.15, 0.2) is 0 Å². The normalized spacial score (nSPS) is 23.5. The van der Waals surface area contributed by atoms with E-state index >= 15 is 0 Å². The summed E-state index contributed by atoms with van der Waals surface area (Å²) < 4.78 is 0. The first-order chi connectivity index (χ1) is 4.34. The largest absolute Gasteiger partial charge is 0.372 e. The summed E-state index contributed by atoms with van der Waals surface area (Å²) >= 11 is 0. The third-order valence-electron chi connectivity index (χ3n) is 1.46. The van der Waals surface area contributed by atoms with Gasteiger partial charge in [0.05, 0.1) is 0 Å². The van der Waals surface area contributed by atoms with Crippen LogP contribution in [0.1, 0.15) is 12.8 Å². The predicted molar refractivity (Wildman–Crippen MR) is 38.6 cm³/mol. The molecule has 0 radical (unpaired) electrons. The lowest BCUT2D eigenvalue weighted by atomic mass is 10.2. The molecule has 5 heteroatoms. The lowest BCUT2D eigenvalue weighted by Crippen LogP contribution is -2.33. The fourth-order valence-corrected chi connectivity index (χ4v) is 0.968. The van der Waals surface area contributed by atoms with E-state index in [0.29, 0.717) is 0 Å². The third kappa shape index (κ3) is 2.13. The average molecular weight is 167 g/mol. The molecule has 1 fully saturated rings. The molecule has 0 aromatic carbocycles. The van der Waals surface area contributed by atoms with E-state index in [1.54, 1.807) is 0 Å². The molecule has 0 amide bonds. The van der Waals surface area contributed by atoms with Crippen LogP contribution in [0, 0.1) is 0 Å². The first-order valence-electron chi connectivity index (χ1n) is 2.98. The zero-order chi connectivity index (χ0) is 6.69. The van der Waals surface area contributed by atoms with E-state index in [-0.39, 0.29) is 24.4 Å². The number of hydrogen-bond donors (Lipinski definition) is 2. The van der Waals surface area contributed by atoms with E-state index in [9.17, 15) is 4.79 Å². The van der Waals surface area contributed by atoms with Gasteiger partial charge in [-0.3, -0.25) is 0 Å². The van der Waals surface area contributed by atoms with Gasteiger partial charge >= 0.3 is 5.97 Å². The molecular weight excluding hydrogens is 156 g/mol. The van der Waals surface area contributed by atoms with Crippen LogP contribution in [0.25, 0.3) is 0 Å². The maximum Gasteiger partial charge on any atom is 0.341 e. The first kappa shape index (κ1) is 9.68. The molecule has 60 valence electrons. The summed E-state index contributed by atoms with van der Waals surface area (Å²) in [6, 6.07) is -0.157. The molecular formula is C5H11ClN2O2. The number of rotatable bonds is 1. The second-order valence-electron chi connectivity index (χ2n) is 2.09. The number of nitrogens with two attached hydrogens (primary N) is 1. The summed E-state index contributed by atoms with van der Waals surface area (Å²) in [4.78, 5) is 14.6. The Kier molecular flexibility index (Phi) is 4.34. The Morgan fingerprint density at radius 2 is 2.40 bits per heavy atom. The van der Waals surface area contributed by atoms with Crippen molar-refractivity contribution >= 4 is 18.4 Å². The SMILES string of the molecule is Cl.NOC(=O)[C@@H]1CCCN1. The molecule has 10 heavy (non-hydrogen) atoms. The van der Waals surface area contributed by atoms with E-state index in [1.165, 1.54) is 0 Å². The van der Waals surface area contributed by atoms with Crippen molar-refractivity contribution in [3.8, 4) is 0 Å². The van der Waals surface area contributed by atoms with Gasteiger partial charge in [0, 0.05) is 0 Å². The molecule has 0 spiro atoms. The molecule has 3 N–H and O–H groups in total. The minimum Gasteiger partial charge on any atom is -0.372 e. The van der Waals surface area contributed by atoms with Gasteiger partial charge in [-0.1, -0.05) is 0 Å². The van der Waals surface area contributed by atoms with Gasteiger partial charge in [0.25, 0.3) is 0 Å². The smallest absolute Gasteiger partial charge is 0.341 e. The molecule has 1 rings (SSSR count). The minimum absolute atomic E-state index is 0. The highest BCUT2D eigenvalue weighted by Crippen LogP contribution is 2.04. The molecule has 1 heterocycles. The second-order valence-corrected chi connectivity index (χ2v) is 2.09. The van der Waals surface area contributed by atoms with Crippen molar-refractivity contribution < 1.29 is 9.63 Å². The molecule has 1 atom stereocenters. The fourth-order valence-electron chi connectivity index (χ4n) is 0.968.